The number of para-hydroxylation sites is 1. The lowest BCUT2D eigenvalue weighted by Gasteiger charge is -2.29. The van der Waals surface area contributed by atoms with Gasteiger partial charge < -0.3 is 10.2 Å². The molecule has 2 N–H and O–H groups in total. The fraction of sp³-hybridized carbons (Fsp3) is 0.318. The molecule has 0 aliphatic carbocycles. The number of nitro groups is 1. The minimum absolute atomic E-state index is 0.0291. The van der Waals surface area contributed by atoms with E-state index in [0.717, 1.165) is 31.6 Å². The van der Waals surface area contributed by atoms with E-state index in [1.165, 1.54) is 36.5 Å². The van der Waals surface area contributed by atoms with E-state index in [2.05, 4.69) is 20.7 Å². The summed E-state index contributed by atoms with van der Waals surface area (Å²) >= 11 is 1.17. The molecule has 32 heavy (non-hydrogen) atoms. The second-order valence-electron chi connectivity index (χ2n) is 7.25. The summed E-state index contributed by atoms with van der Waals surface area (Å²) in [7, 11) is 0. The molecule has 2 amide bonds. The van der Waals surface area contributed by atoms with E-state index in [4.69, 9.17) is 0 Å². The number of hydrogen-bond donors (Lipinski definition) is 2. The molecule has 3 rings (SSSR count). The molecule has 10 heteroatoms. The second kappa shape index (κ2) is 11.8. The predicted molar refractivity (Wildman–Crippen MR) is 127 cm³/mol. The Morgan fingerprint density at radius 1 is 1.06 bits per heavy atom. The summed E-state index contributed by atoms with van der Waals surface area (Å²) in [5.41, 5.74) is 4.54. The van der Waals surface area contributed by atoms with E-state index >= 15 is 0 Å². The van der Waals surface area contributed by atoms with Crippen LogP contribution in [0.15, 0.2) is 53.6 Å². The Labute approximate surface area is 190 Å². The largest absolute Gasteiger partial charge is 0.371 e. The van der Waals surface area contributed by atoms with Gasteiger partial charge >= 0.3 is 0 Å². The van der Waals surface area contributed by atoms with E-state index in [1.807, 2.05) is 18.2 Å². The summed E-state index contributed by atoms with van der Waals surface area (Å²) in [4.78, 5) is 36.8. The first-order valence-corrected chi connectivity index (χ1v) is 11.5. The van der Waals surface area contributed by atoms with Gasteiger partial charge in [-0.2, -0.15) is 5.10 Å². The minimum Gasteiger partial charge on any atom is -0.371 e. The van der Waals surface area contributed by atoms with Gasteiger partial charge in [0.2, 0.25) is 11.8 Å². The number of nitrogens with one attached hydrogen (secondary N) is 2. The molecule has 0 unspecified atom stereocenters. The van der Waals surface area contributed by atoms with Crippen LogP contribution in [0.25, 0.3) is 0 Å². The third-order valence-electron chi connectivity index (χ3n) is 4.84. The molecule has 0 spiro atoms. The zero-order valence-corrected chi connectivity index (χ0v) is 18.3. The van der Waals surface area contributed by atoms with E-state index in [1.54, 1.807) is 18.2 Å². The predicted octanol–water partition coefficient (Wildman–Crippen LogP) is 3.41. The number of benzene rings is 2. The van der Waals surface area contributed by atoms with Gasteiger partial charge in [-0.05, 0) is 37.5 Å². The van der Waals surface area contributed by atoms with Gasteiger partial charge in [0.25, 0.3) is 5.69 Å². The lowest BCUT2D eigenvalue weighted by molar-refractivity contribution is -0.384. The Hall–Kier alpha value is -3.40. The van der Waals surface area contributed by atoms with Crippen molar-refractivity contribution in [2.45, 2.75) is 19.3 Å². The van der Waals surface area contributed by atoms with Gasteiger partial charge in [0.05, 0.1) is 22.6 Å². The number of hydrazone groups is 1. The number of anilines is 2. The first-order chi connectivity index (χ1) is 15.5. The van der Waals surface area contributed by atoms with Crippen molar-refractivity contribution in [1.82, 2.24) is 5.43 Å². The van der Waals surface area contributed by atoms with E-state index < -0.39 is 4.92 Å². The Morgan fingerprint density at radius 3 is 2.50 bits per heavy atom. The molecule has 1 fully saturated rings. The highest BCUT2D eigenvalue weighted by Gasteiger charge is 2.17. The lowest BCUT2D eigenvalue weighted by atomic mass is 10.1. The van der Waals surface area contributed by atoms with Crippen molar-refractivity contribution in [3.8, 4) is 0 Å². The molecule has 2 aromatic carbocycles. The smallest absolute Gasteiger partial charge is 0.270 e. The Balaban J connectivity index is 1.51. The number of amides is 2. The maximum Gasteiger partial charge on any atom is 0.270 e. The summed E-state index contributed by atoms with van der Waals surface area (Å²) in [5.74, 6) is -0.354. The molecule has 1 aliphatic rings. The van der Waals surface area contributed by atoms with Crippen molar-refractivity contribution in [3.05, 3.63) is 64.2 Å². The first kappa shape index (κ1) is 23.3. The van der Waals surface area contributed by atoms with Crippen LogP contribution in [-0.4, -0.2) is 47.5 Å². The number of nitrogens with zero attached hydrogens (tertiary/aromatic N) is 3. The molecule has 0 bridgehead atoms. The highest BCUT2D eigenvalue weighted by atomic mass is 32.2. The third kappa shape index (κ3) is 7.09. The molecule has 1 heterocycles. The molecule has 2 aromatic rings. The summed E-state index contributed by atoms with van der Waals surface area (Å²) in [6.45, 7) is 1.76. The van der Waals surface area contributed by atoms with E-state index in [9.17, 15) is 19.7 Å². The number of nitro benzene ring substituents is 1. The molecule has 0 aromatic heterocycles. The molecule has 0 saturated carbocycles. The number of carbonyl (C=O) groups is 2. The van der Waals surface area contributed by atoms with Gasteiger partial charge in [-0.25, -0.2) is 5.43 Å². The topological polar surface area (TPSA) is 117 Å². The van der Waals surface area contributed by atoms with E-state index in [-0.39, 0.29) is 29.0 Å². The van der Waals surface area contributed by atoms with Crippen LogP contribution in [0.3, 0.4) is 0 Å². The van der Waals surface area contributed by atoms with Crippen molar-refractivity contribution < 1.29 is 14.5 Å². The quantitative estimate of drug-likeness (QED) is 0.340. The maximum absolute atomic E-state index is 12.0. The number of thioether (sulfide) groups is 1. The van der Waals surface area contributed by atoms with Crippen LogP contribution in [0, 0.1) is 10.1 Å². The van der Waals surface area contributed by atoms with Crippen LogP contribution in [0.4, 0.5) is 17.1 Å². The highest BCUT2D eigenvalue weighted by Crippen LogP contribution is 2.26. The average molecular weight is 456 g/mol. The van der Waals surface area contributed by atoms with Crippen LogP contribution in [0.5, 0.6) is 0 Å². The molecular weight excluding hydrogens is 430 g/mol. The fourth-order valence-corrected chi connectivity index (χ4v) is 3.95. The van der Waals surface area contributed by atoms with Gasteiger partial charge in [-0.15, -0.1) is 11.8 Å². The monoisotopic (exact) mass is 455 g/mol. The second-order valence-corrected chi connectivity index (χ2v) is 8.23. The summed E-state index contributed by atoms with van der Waals surface area (Å²) < 4.78 is 0. The zero-order valence-electron chi connectivity index (χ0n) is 17.5. The van der Waals surface area contributed by atoms with Crippen molar-refractivity contribution in [2.24, 2.45) is 5.10 Å². The minimum atomic E-state index is -0.451. The fourth-order valence-electron chi connectivity index (χ4n) is 3.34. The SMILES string of the molecule is O=C(CSCC(=O)Nc1ccccc1)N/N=C/c1cc([N+](=O)[O-])ccc1N1CCCCC1. The first-order valence-electron chi connectivity index (χ1n) is 10.3. The van der Waals surface area contributed by atoms with Gasteiger partial charge in [0.15, 0.2) is 0 Å². The summed E-state index contributed by atoms with van der Waals surface area (Å²) in [6, 6.07) is 13.8. The highest BCUT2D eigenvalue weighted by molar-refractivity contribution is 8.00. The van der Waals surface area contributed by atoms with Crippen LogP contribution in [-0.2, 0) is 9.59 Å². The summed E-state index contributed by atoms with van der Waals surface area (Å²) in [6.07, 6.45) is 4.74. The number of hydrogen-bond acceptors (Lipinski definition) is 7. The van der Waals surface area contributed by atoms with Gasteiger partial charge in [-0.1, -0.05) is 18.2 Å². The summed E-state index contributed by atoms with van der Waals surface area (Å²) in [5, 5.41) is 17.9. The third-order valence-corrected chi connectivity index (χ3v) is 5.77. The lowest BCUT2D eigenvalue weighted by Crippen LogP contribution is -2.30. The zero-order chi connectivity index (χ0) is 22.8. The Kier molecular flexibility index (Phi) is 8.61. The average Bonchev–Trinajstić information content (AvgIpc) is 2.80. The molecule has 0 atom stereocenters. The Bertz CT molecular complexity index is 978. The van der Waals surface area contributed by atoms with Crippen molar-refractivity contribution in [1.29, 1.82) is 0 Å². The molecule has 9 nitrogen and oxygen atoms in total. The van der Waals surface area contributed by atoms with Crippen LogP contribution >= 0.6 is 11.8 Å². The van der Waals surface area contributed by atoms with E-state index in [0.29, 0.717) is 11.3 Å². The van der Waals surface area contributed by atoms with Crippen LogP contribution in [0.1, 0.15) is 24.8 Å². The van der Waals surface area contributed by atoms with Crippen molar-refractivity contribution in [2.75, 3.05) is 34.8 Å². The van der Waals surface area contributed by atoms with Crippen LogP contribution in [0.2, 0.25) is 0 Å². The van der Waals surface area contributed by atoms with Gasteiger partial charge in [-0.3, -0.25) is 19.7 Å². The number of carbonyl (C=O) groups excluding carboxylic acids is 2. The molecular formula is C22H25N5O4S. The molecule has 1 aliphatic heterocycles. The molecule has 1 saturated heterocycles. The number of non-ortho nitro benzene ring substituents is 1. The van der Waals surface area contributed by atoms with Crippen molar-refractivity contribution in [3.63, 3.8) is 0 Å². The standard InChI is InChI=1S/C22H25N5O4S/c28-21(24-18-7-3-1-4-8-18)15-32-16-22(29)25-23-14-17-13-19(27(30)31)9-10-20(17)26-11-5-2-6-12-26/h1,3-4,7-10,13-14H,2,5-6,11-12,15-16H2,(H,24,28)(H,25,29)/b23-14+. The Morgan fingerprint density at radius 2 is 1.78 bits per heavy atom. The molecule has 0 radical (unpaired) electrons. The van der Waals surface area contributed by atoms with Crippen LogP contribution < -0.4 is 15.6 Å². The van der Waals surface area contributed by atoms with Crippen molar-refractivity contribution >= 4 is 46.9 Å². The number of rotatable bonds is 9. The maximum atomic E-state index is 12.0. The number of piperidine rings is 1. The molecule has 168 valence electrons. The normalized spacial score (nSPS) is 13.7. The van der Waals surface area contributed by atoms with Gasteiger partial charge in [0, 0.05) is 42.2 Å². The van der Waals surface area contributed by atoms with Gasteiger partial charge in [0.1, 0.15) is 0 Å².